The first-order valence-corrected chi connectivity index (χ1v) is 6.91. The molecule has 0 saturated carbocycles. The van der Waals surface area contributed by atoms with Crippen molar-refractivity contribution in [2.45, 2.75) is 12.3 Å². The van der Waals surface area contributed by atoms with Gasteiger partial charge in [0, 0.05) is 18.1 Å². The van der Waals surface area contributed by atoms with Crippen LogP contribution in [0.1, 0.15) is 16.7 Å². The number of halogens is 2. The highest BCUT2D eigenvalue weighted by molar-refractivity contribution is 6.17. The minimum Gasteiger partial charge on any atom is -0.340 e. The molecule has 0 amide bonds. The van der Waals surface area contributed by atoms with Gasteiger partial charge in [-0.05, 0) is 41.8 Å². The van der Waals surface area contributed by atoms with E-state index in [0.717, 1.165) is 35.5 Å². The summed E-state index contributed by atoms with van der Waals surface area (Å²) in [4.78, 5) is 2.00. The van der Waals surface area contributed by atoms with E-state index in [1.54, 1.807) is 6.07 Å². The van der Waals surface area contributed by atoms with Crippen molar-refractivity contribution >= 4 is 23.0 Å². The molecule has 0 unspecified atom stereocenters. The van der Waals surface area contributed by atoms with E-state index in [2.05, 4.69) is 6.07 Å². The van der Waals surface area contributed by atoms with Crippen LogP contribution < -0.4 is 4.90 Å². The monoisotopic (exact) mass is 286 g/mol. The Morgan fingerprint density at radius 2 is 2.05 bits per heavy atom. The Balaban J connectivity index is 2.08. The molecule has 0 bridgehead atoms. The minimum atomic E-state index is -0.258. The molecule has 0 radical (unpaired) electrons. The zero-order chi connectivity index (χ0) is 14.1. The second kappa shape index (κ2) is 5.15. The largest absolute Gasteiger partial charge is 0.340 e. The van der Waals surface area contributed by atoms with Crippen molar-refractivity contribution in [1.29, 1.82) is 5.26 Å². The van der Waals surface area contributed by atoms with Crippen molar-refractivity contribution in [1.82, 2.24) is 0 Å². The summed E-state index contributed by atoms with van der Waals surface area (Å²) < 4.78 is 13.4. The van der Waals surface area contributed by atoms with Crippen LogP contribution in [0.4, 0.5) is 15.8 Å². The van der Waals surface area contributed by atoms with E-state index in [4.69, 9.17) is 11.6 Å². The zero-order valence-electron chi connectivity index (χ0n) is 10.7. The number of nitrogens with zero attached hydrogens (tertiary/aromatic N) is 2. The van der Waals surface area contributed by atoms with E-state index in [1.165, 1.54) is 12.1 Å². The lowest BCUT2D eigenvalue weighted by Gasteiger charge is -2.21. The van der Waals surface area contributed by atoms with Crippen LogP contribution >= 0.6 is 11.6 Å². The van der Waals surface area contributed by atoms with Gasteiger partial charge in [0.15, 0.2) is 0 Å². The van der Waals surface area contributed by atoms with E-state index in [1.807, 2.05) is 23.1 Å². The Hall–Kier alpha value is -2.05. The summed E-state index contributed by atoms with van der Waals surface area (Å²) in [6, 6.07) is 12.6. The molecule has 0 N–H and O–H groups in total. The van der Waals surface area contributed by atoms with E-state index >= 15 is 0 Å². The average molecular weight is 287 g/mol. The maximum Gasteiger partial charge on any atom is 0.125 e. The van der Waals surface area contributed by atoms with Gasteiger partial charge in [0.05, 0.1) is 11.3 Å². The second-order valence-corrected chi connectivity index (χ2v) is 5.04. The van der Waals surface area contributed by atoms with E-state index < -0.39 is 0 Å². The van der Waals surface area contributed by atoms with Crippen LogP contribution in [0.3, 0.4) is 0 Å². The zero-order valence-corrected chi connectivity index (χ0v) is 11.5. The summed E-state index contributed by atoms with van der Waals surface area (Å²) in [6.45, 7) is 0.758. The summed E-state index contributed by atoms with van der Waals surface area (Å²) >= 11 is 5.80. The number of alkyl halides is 1. The van der Waals surface area contributed by atoms with E-state index in [-0.39, 0.29) is 5.82 Å². The lowest BCUT2D eigenvalue weighted by Crippen LogP contribution is -2.14. The van der Waals surface area contributed by atoms with Gasteiger partial charge in [0.1, 0.15) is 11.9 Å². The maximum absolute atomic E-state index is 13.4. The summed E-state index contributed by atoms with van der Waals surface area (Å²) in [5.41, 5.74) is 4.24. The van der Waals surface area contributed by atoms with Gasteiger partial charge in [-0.1, -0.05) is 12.1 Å². The Morgan fingerprint density at radius 3 is 2.80 bits per heavy atom. The third-order valence-electron chi connectivity index (χ3n) is 3.57. The molecule has 2 nitrogen and oxygen atoms in total. The predicted molar refractivity (Wildman–Crippen MR) is 77.8 cm³/mol. The molecule has 0 aliphatic carbocycles. The molecule has 0 saturated heterocycles. The van der Waals surface area contributed by atoms with Crippen LogP contribution in [-0.2, 0) is 12.3 Å². The quantitative estimate of drug-likeness (QED) is 0.776. The van der Waals surface area contributed by atoms with Crippen LogP contribution in [0, 0.1) is 17.1 Å². The molecule has 1 aliphatic rings. The van der Waals surface area contributed by atoms with Gasteiger partial charge in [0.25, 0.3) is 0 Å². The lowest BCUT2D eigenvalue weighted by molar-refractivity contribution is 0.628. The number of rotatable bonds is 2. The van der Waals surface area contributed by atoms with Crippen molar-refractivity contribution in [3.8, 4) is 6.07 Å². The molecule has 0 fully saturated rings. The van der Waals surface area contributed by atoms with Crippen molar-refractivity contribution in [2.75, 3.05) is 11.4 Å². The Morgan fingerprint density at radius 1 is 1.20 bits per heavy atom. The molecule has 0 atom stereocenters. The van der Waals surface area contributed by atoms with Gasteiger partial charge in [-0.25, -0.2) is 4.39 Å². The van der Waals surface area contributed by atoms with Crippen LogP contribution in [0.25, 0.3) is 0 Å². The normalized spacial score (nSPS) is 13.2. The maximum atomic E-state index is 13.4. The van der Waals surface area contributed by atoms with Crippen molar-refractivity contribution in [2.24, 2.45) is 0 Å². The number of hydrogen-bond donors (Lipinski definition) is 0. The second-order valence-electron chi connectivity index (χ2n) is 4.77. The smallest absolute Gasteiger partial charge is 0.125 e. The third kappa shape index (κ3) is 2.13. The minimum absolute atomic E-state index is 0.258. The fourth-order valence-corrected chi connectivity index (χ4v) is 2.76. The van der Waals surface area contributed by atoms with Gasteiger partial charge in [0.2, 0.25) is 0 Å². The topological polar surface area (TPSA) is 27.0 Å². The molecule has 100 valence electrons. The fourth-order valence-electron chi connectivity index (χ4n) is 2.59. The Kier molecular flexibility index (Phi) is 3.33. The van der Waals surface area contributed by atoms with Gasteiger partial charge in [-0.3, -0.25) is 0 Å². The number of fused-ring (bicyclic) bond motifs is 1. The average Bonchev–Trinajstić information content (AvgIpc) is 2.89. The number of anilines is 2. The third-order valence-corrected chi connectivity index (χ3v) is 3.88. The highest BCUT2D eigenvalue weighted by atomic mass is 35.5. The van der Waals surface area contributed by atoms with Gasteiger partial charge < -0.3 is 4.90 Å². The summed E-state index contributed by atoms with van der Waals surface area (Å²) in [5.74, 6) is 0.117. The highest BCUT2D eigenvalue weighted by Gasteiger charge is 2.23. The molecule has 2 aromatic carbocycles. The first-order valence-electron chi connectivity index (χ1n) is 6.38. The Bertz CT molecular complexity index is 706. The molecule has 1 heterocycles. The highest BCUT2D eigenvalue weighted by Crippen LogP contribution is 2.36. The van der Waals surface area contributed by atoms with Gasteiger partial charge in [-0.15, -0.1) is 11.6 Å². The molecule has 1 aliphatic heterocycles. The van der Waals surface area contributed by atoms with Crippen molar-refractivity contribution < 1.29 is 4.39 Å². The molecule has 2 aromatic rings. The molecule has 0 aromatic heterocycles. The lowest BCUT2D eigenvalue weighted by atomic mass is 10.1. The summed E-state index contributed by atoms with van der Waals surface area (Å²) in [7, 11) is 0. The van der Waals surface area contributed by atoms with Crippen LogP contribution in [0.5, 0.6) is 0 Å². The molecular formula is C16H12ClFN2. The number of nitriles is 1. The SMILES string of the molecule is N#Cc1cc(CCl)ccc1N1CCc2ccc(F)cc21. The summed E-state index contributed by atoms with van der Waals surface area (Å²) in [6.07, 6.45) is 0.859. The number of benzene rings is 2. The van der Waals surface area contributed by atoms with Crippen LogP contribution in [0.15, 0.2) is 36.4 Å². The van der Waals surface area contributed by atoms with Crippen molar-refractivity contribution in [3.05, 3.63) is 58.9 Å². The number of hydrogen-bond acceptors (Lipinski definition) is 2. The van der Waals surface area contributed by atoms with E-state index in [0.29, 0.717) is 11.4 Å². The summed E-state index contributed by atoms with van der Waals surface area (Å²) in [5, 5.41) is 9.31. The molecule has 3 rings (SSSR count). The van der Waals surface area contributed by atoms with E-state index in [9.17, 15) is 9.65 Å². The molecular weight excluding hydrogens is 275 g/mol. The van der Waals surface area contributed by atoms with Crippen LogP contribution in [0.2, 0.25) is 0 Å². The molecule has 0 spiro atoms. The molecule has 4 heteroatoms. The standard InChI is InChI=1S/C16H12ClFN2/c17-9-11-1-4-15(13(7-11)10-19)20-6-5-12-2-3-14(18)8-16(12)20/h1-4,7-8H,5-6,9H2. The van der Waals surface area contributed by atoms with Crippen LogP contribution in [-0.4, -0.2) is 6.54 Å². The predicted octanol–water partition coefficient (Wildman–Crippen LogP) is 4.13. The first-order chi connectivity index (χ1) is 9.72. The Labute approximate surface area is 122 Å². The molecule has 20 heavy (non-hydrogen) atoms. The van der Waals surface area contributed by atoms with Gasteiger partial charge >= 0.3 is 0 Å². The van der Waals surface area contributed by atoms with Crippen molar-refractivity contribution in [3.63, 3.8) is 0 Å². The van der Waals surface area contributed by atoms with Gasteiger partial charge in [-0.2, -0.15) is 5.26 Å². The fraction of sp³-hybridized carbons (Fsp3) is 0.188. The first kappa shape index (κ1) is 13.0.